The normalized spacial score (nSPS) is 21.9. The van der Waals surface area contributed by atoms with Gasteiger partial charge in [0.15, 0.2) is 5.69 Å². The summed E-state index contributed by atoms with van der Waals surface area (Å²) in [5.41, 5.74) is 0.356. The Morgan fingerprint density at radius 2 is 1.97 bits per heavy atom. The second kappa shape index (κ2) is 7.52. The van der Waals surface area contributed by atoms with Gasteiger partial charge in [-0.05, 0) is 50.2 Å². The van der Waals surface area contributed by atoms with Crippen LogP contribution < -0.4 is 9.64 Å². The number of aromatic nitrogens is 2. The molecule has 1 atom stereocenters. The van der Waals surface area contributed by atoms with Crippen LogP contribution in [0.4, 0.5) is 18.9 Å². The van der Waals surface area contributed by atoms with Crippen LogP contribution in [0.2, 0.25) is 5.02 Å². The van der Waals surface area contributed by atoms with Gasteiger partial charge in [-0.2, -0.15) is 13.2 Å². The van der Waals surface area contributed by atoms with Gasteiger partial charge in [0.25, 0.3) is 0 Å². The maximum Gasteiger partial charge on any atom is 0.434 e. The summed E-state index contributed by atoms with van der Waals surface area (Å²) in [5.74, 6) is 0.832. The molecule has 5 rings (SSSR count). The van der Waals surface area contributed by atoms with E-state index >= 15 is 0 Å². The van der Waals surface area contributed by atoms with Gasteiger partial charge in [0, 0.05) is 36.5 Å². The molecule has 2 aromatic heterocycles. The molecule has 3 heterocycles. The summed E-state index contributed by atoms with van der Waals surface area (Å²) in [4.78, 5) is 9.66. The van der Waals surface area contributed by atoms with Crippen molar-refractivity contribution in [3.8, 4) is 5.75 Å². The van der Waals surface area contributed by atoms with Gasteiger partial charge in [0.2, 0.25) is 0 Å². The van der Waals surface area contributed by atoms with E-state index in [4.69, 9.17) is 16.3 Å². The van der Waals surface area contributed by atoms with Crippen LogP contribution in [0.5, 0.6) is 5.75 Å². The molecule has 1 spiro atoms. The average Bonchev–Trinajstić information content (AvgIpc) is 2.61. The third-order valence-electron chi connectivity index (χ3n) is 6.82. The lowest BCUT2D eigenvalue weighted by Crippen LogP contribution is -2.63. The largest absolute Gasteiger partial charge is 0.490 e. The molecule has 1 N–H and O–H groups in total. The summed E-state index contributed by atoms with van der Waals surface area (Å²) in [6.07, 6.45) is 4.60. The summed E-state index contributed by atoms with van der Waals surface area (Å²) < 4.78 is 44.6. The number of alkyl halides is 3. The predicted molar refractivity (Wildman–Crippen MR) is 109 cm³/mol. The van der Waals surface area contributed by atoms with E-state index < -0.39 is 18.0 Å². The fourth-order valence-electron chi connectivity index (χ4n) is 4.93. The Morgan fingerprint density at radius 1 is 1.23 bits per heavy atom. The number of rotatable bonds is 5. The highest BCUT2D eigenvalue weighted by Gasteiger charge is 2.54. The molecule has 1 saturated heterocycles. The SMILES string of the molecule is OC(c1cnccc1OC1CCC1)C1CC2(C1)CN(c1cnc(C(F)(F)F)c(Cl)c1)C2. The number of pyridine rings is 2. The molecule has 9 heteroatoms. The average molecular weight is 454 g/mol. The van der Waals surface area contributed by atoms with Crippen LogP contribution in [0.15, 0.2) is 30.7 Å². The van der Waals surface area contributed by atoms with Gasteiger partial charge in [-0.25, -0.2) is 4.98 Å². The molecule has 166 valence electrons. The molecule has 1 unspecified atom stereocenters. The Hall–Kier alpha value is -2.06. The first kappa shape index (κ1) is 20.8. The molecule has 2 saturated carbocycles. The maximum absolute atomic E-state index is 12.8. The van der Waals surface area contributed by atoms with Crippen molar-refractivity contribution in [1.29, 1.82) is 0 Å². The van der Waals surface area contributed by atoms with E-state index in [9.17, 15) is 18.3 Å². The lowest BCUT2D eigenvalue weighted by Gasteiger charge is -2.60. The monoisotopic (exact) mass is 453 g/mol. The first-order valence-electron chi connectivity index (χ1n) is 10.5. The Balaban J connectivity index is 1.19. The van der Waals surface area contributed by atoms with Crippen molar-refractivity contribution < 1.29 is 23.0 Å². The molecule has 5 nitrogen and oxygen atoms in total. The topological polar surface area (TPSA) is 58.5 Å². The summed E-state index contributed by atoms with van der Waals surface area (Å²) >= 11 is 5.80. The molecule has 31 heavy (non-hydrogen) atoms. The second-order valence-electron chi connectivity index (χ2n) is 9.08. The molecule has 0 amide bonds. The fraction of sp³-hybridized carbons (Fsp3) is 0.545. The van der Waals surface area contributed by atoms with Crippen LogP contribution >= 0.6 is 11.6 Å². The number of aliphatic hydroxyl groups is 1. The molecule has 0 aromatic carbocycles. The second-order valence-corrected chi connectivity index (χ2v) is 9.48. The highest BCUT2D eigenvalue weighted by Crippen LogP contribution is 2.57. The Bertz CT molecular complexity index is 969. The number of nitrogens with zero attached hydrogens (tertiary/aromatic N) is 3. The van der Waals surface area contributed by atoms with E-state index in [0.717, 1.165) is 44.3 Å². The number of ether oxygens (including phenoxy) is 1. The van der Waals surface area contributed by atoms with Gasteiger partial charge < -0.3 is 14.7 Å². The van der Waals surface area contributed by atoms with E-state index in [1.54, 1.807) is 12.4 Å². The predicted octanol–water partition coefficient (Wildman–Crippen LogP) is 5.03. The summed E-state index contributed by atoms with van der Waals surface area (Å²) in [7, 11) is 0. The van der Waals surface area contributed by atoms with Crippen molar-refractivity contribution in [2.24, 2.45) is 11.3 Å². The number of hydrogen-bond acceptors (Lipinski definition) is 5. The highest BCUT2D eigenvalue weighted by molar-refractivity contribution is 6.31. The van der Waals surface area contributed by atoms with Crippen molar-refractivity contribution in [3.05, 3.63) is 47.0 Å². The van der Waals surface area contributed by atoms with Crippen molar-refractivity contribution in [1.82, 2.24) is 9.97 Å². The molecule has 0 radical (unpaired) electrons. The smallest absolute Gasteiger partial charge is 0.434 e. The minimum Gasteiger partial charge on any atom is -0.490 e. The molecule has 3 aliphatic rings. The zero-order valence-corrected chi connectivity index (χ0v) is 17.5. The zero-order chi connectivity index (χ0) is 21.8. The number of anilines is 1. The molecule has 2 aliphatic carbocycles. The minimum absolute atomic E-state index is 0.0814. The fourth-order valence-corrected chi connectivity index (χ4v) is 5.20. The lowest BCUT2D eigenvalue weighted by molar-refractivity contribution is -0.141. The van der Waals surface area contributed by atoms with Gasteiger partial charge in [-0.3, -0.25) is 4.98 Å². The van der Waals surface area contributed by atoms with Crippen LogP contribution in [0.1, 0.15) is 49.5 Å². The van der Waals surface area contributed by atoms with E-state index in [-0.39, 0.29) is 22.5 Å². The van der Waals surface area contributed by atoms with Gasteiger partial charge in [0.05, 0.1) is 29.1 Å². The van der Waals surface area contributed by atoms with Crippen LogP contribution in [-0.2, 0) is 6.18 Å². The van der Waals surface area contributed by atoms with Crippen LogP contribution in [0.25, 0.3) is 0 Å². The van der Waals surface area contributed by atoms with E-state index in [1.165, 1.54) is 18.7 Å². The third kappa shape index (κ3) is 3.84. The van der Waals surface area contributed by atoms with E-state index in [1.807, 2.05) is 11.0 Å². The summed E-state index contributed by atoms with van der Waals surface area (Å²) in [6, 6.07) is 3.15. The Morgan fingerprint density at radius 3 is 2.58 bits per heavy atom. The molecular weight excluding hydrogens is 431 g/mol. The standard InChI is InChI=1S/C22H23ClF3N3O2/c23-17-6-14(9-28-20(17)22(24,25)26)29-11-21(12-29)7-13(8-21)19(30)16-10-27-5-4-18(16)31-15-2-1-3-15/h4-6,9-10,13,15,19,30H,1-3,7-8,11-12H2. The summed E-state index contributed by atoms with van der Waals surface area (Å²) in [5, 5.41) is 10.5. The van der Waals surface area contributed by atoms with Crippen LogP contribution in [0.3, 0.4) is 0 Å². The van der Waals surface area contributed by atoms with Gasteiger partial charge in [-0.1, -0.05) is 11.6 Å². The number of halogens is 4. The van der Waals surface area contributed by atoms with Gasteiger partial charge in [0.1, 0.15) is 5.75 Å². The summed E-state index contributed by atoms with van der Waals surface area (Å²) in [6.45, 7) is 1.44. The first-order valence-corrected chi connectivity index (χ1v) is 10.9. The van der Waals surface area contributed by atoms with Gasteiger partial charge >= 0.3 is 6.18 Å². The molecule has 2 aromatic rings. The molecular formula is C22H23ClF3N3O2. The van der Waals surface area contributed by atoms with Crippen molar-refractivity contribution in [2.75, 3.05) is 18.0 Å². The van der Waals surface area contributed by atoms with E-state index in [0.29, 0.717) is 11.4 Å². The Labute approximate surface area is 183 Å². The van der Waals surface area contributed by atoms with Crippen LogP contribution in [0, 0.1) is 11.3 Å². The minimum atomic E-state index is -4.56. The quantitative estimate of drug-likeness (QED) is 0.688. The number of aliphatic hydroxyl groups excluding tert-OH is 1. The van der Waals surface area contributed by atoms with E-state index in [2.05, 4.69) is 9.97 Å². The first-order chi connectivity index (χ1) is 14.7. The molecule has 0 bridgehead atoms. The maximum atomic E-state index is 12.8. The third-order valence-corrected chi connectivity index (χ3v) is 7.11. The number of hydrogen-bond donors (Lipinski definition) is 1. The lowest BCUT2D eigenvalue weighted by atomic mass is 9.55. The van der Waals surface area contributed by atoms with Crippen LogP contribution in [-0.4, -0.2) is 34.3 Å². The van der Waals surface area contributed by atoms with Crippen molar-refractivity contribution in [3.63, 3.8) is 0 Å². The zero-order valence-electron chi connectivity index (χ0n) is 16.8. The molecule has 3 fully saturated rings. The highest BCUT2D eigenvalue weighted by atomic mass is 35.5. The Kier molecular flexibility index (Phi) is 5.05. The van der Waals surface area contributed by atoms with Crippen molar-refractivity contribution in [2.45, 2.75) is 50.5 Å². The molecule has 1 aliphatic heterocycles. The van der Waals surface area contributed by atoms with Crippen molar-refractivity contribution >= 4 is 17.3 Å². The van der Waals surface area contributed by atoms with Gasteiger partial charge in [-0.15, -0.1) is 0 Å².